The molecule has 0 aromatic carbocycles. The molecule has 1 aliphatic carbocycles. The molecule has 0 N–H and O–H groups in total. The molecule has 78 valence electrons. The van der Waals surface area contributed by atoms with E-state index in [0.717, 1.165) is 5.92 Å². The van der Waals surface area contributed by atoms with Gasteiger partial charge in [-0.15, -0.1) is 0 Å². The summed E-state index contributed by atoms with van der Waals surface area (Å²) in [6.07, 6.45) is 7.15. The zero-order chi connectivity index (χ0) is 10.1. The first kappa shape index (κ1) is 11.1. The van der Waals surface area contributed by atoms with Gasteiger partial charge in [-0.2, -0.15) is 0 Å². The topological polar surface area (TPSA) is 0 Å². The van der Waals surface area contributed by atoms with Crippen LogP contribution in [-0.4, -0.2) is 0 Å². The number of hydrogen-bond acceptors (Lipinski definition) is 0. The summed E-state index contributed by atoms with van der Waals surface area (Å²) in [5, 5.41) is 0. The highest BCUT2D eigenvalue weighted by molar-refractivity contribution is 5.00. The summed E-state index contributed by atoms with van der Waals surface area (Å²) >= 11 is 0. The van der Waals surface area contributed by atoms with Gasteiger partial charge in [-0.3, -0.25) is 0 Å². The van der Waals surface area contributed by atoms with E-state index >= 15 is 0 Å². The first-order valence-electron chi connectivity index (χ1n) is 5.94. The van der Waals surface area contributed by atoms with E-state index in [9.17, 15) is 0 Å². The van der Waals surface area contributed by atoms with Gasteiger partial charge in [0, 0.05) is 0 Å². The third-order valence-corrected chi connectivity index (χ3v) is 4.44. The minimum absolute atomic E-state index is 0.514. The van der Waals surface area contributed by atoms with Gasteiger partial charge >= 0.3 is 0 Å². The molecule has 0 aliphatic heterocycles. The number of hydrogen-bond donors (Lipinski definition) is 0. The highest BCUT2D eigenvalue weighted by Crippen LogP contribution is 2.60. The van der Waals surface area contributed by atoms with E-state index in [1.165, 1.54) is 32.1 Å². The molecule has 1 saturated carbocycles. The van der Waals surface area contributed by atoms with E-state index in [1.54, 1.807) is 0 Å². The molecule has 0 radical (unpaired) electrons. The maximum Gasteiger partial charge on any atom is -0.0223 e. The molecular formula is C13H26. The Balaban J connectivity index is 2.65. The van der Waals surface area contributed by atoms with Crippen LogP contribution >= 0.6 is 0 Å². The normalized spacial score (nSPS) is 34.4. The second kappa shape index (κ2) is 3.63. The highest BCUT2D eigenvalue weighted by atomic mass is 14.6. The zero-order valence-corrected chi connectivity index (χ0v) is 10.1. The van der Waals surface area contributed by atoms with Crippen LogP contribution in [-0.2, 0) is 0 Å². The van der Waals surface area contributed by atoms with Crippen LogP contribution < -0.4 is 0 Å². The zero-order valence-electron chi connectivity index (χ0n) is 10.1. The summed E-state index contributed by atoms with van der Waals surface area (Å²) in [6.45, 7) is 12.0. The predicted molar refractivity (Wildman–Crippen MR) is 59.8 cm³/mol. The molecule has 0 bridgehead atoms. The molecular weight excluding hydrogens is 156 g/mol. The average molecular weight is 182 g/mol. The van der Waals surface area contributed by atoms with Gasteiger partial charge < -0.3 is 0 Å². The van der Waals surface area contributed by atoms with Crippen molar-refractivity contribution in [2.45, 2.75) is 66.7 Å². The van der Waals surface area contributed by atoms with Crippen molar-refractivity contribution in [2.24, 2.45) is 16.7 Å². The molecule has 0 nitrogen and oxygen atoms in total. The van der Waals surface area contributed by atoms with E-state index in [2.05, 4.69) is 34.6 Å². The third-order valence-electron chi connectivity index (χ3n) is 4.44. The lowest BCUT2D eigenvalue weighted by Gasteiger charge is -2.57. The number of unbranched alkanes of at least 4 members (excludes halogenated alkanes) is 1. The van der Waals surface area contributed by atoms with E-state index in [1.807, 2.05) is 0 Å². The Morgan fingerprint density at radius 3 is 2.15 bits per heavy atom. The van der Waals surface area contributed by atoms with Crippen molar-refractivity contribution in [1.82, 2.24) is 0 Å². The van der Waals surface area contributed by atoms with Crippen molar-refractivity contribution in [1.29, 1.82) is 0 Å². The largest absolute Gasteiger partial charge is 0.0654 e. The van der Waals surface area contributed by atoms with Gasteiger partial charge in [0.2, 0.25) is 0 Å². The Morgan fingerprint density at radius 2 is 1.92 bits per heavy atom. The molecule has 1 rings (SSSR count). The summed E-state index contributed by atoms with van der Waals surface area (Å²) in [6, 6.07) is 0. The van der Waals surface area contributed by atoms with Crippen molar-refractivity contribution in [3.63, 3.8) is 0 Å². The standard InChI is InChI=1S/C13H26/c1-6-7-9-13(12(3,4)5)10-8-11(13)2/h11H,6-10H2,1-5H3. The lowest BCUT2D eigenvalue weighted by atomic mass is 9.48. The van der Waals surface area contributed by atoms with Crippen LogP contribution in [0.5, 0.6) is 0 Å². The quantitative estimate of drug-likeness (QED) is 0.596. The van der Waals surface area contributed by atoms with E-state index in [4.69, 9.17) is 0 Å². The molecule has 0 aromatic rings. The SMILES string of the molecule is CCCCC1(C(C)(C)C)CCC1C. The smallest absolute Gasteiger partial charge is 0.0223 e. The Bertz CT molecular complexity index is 163. The van der Waals surface area contributed by atoms with Crippen molar-refractivity contribution >= 4 is 0 Å². The van der Waals surface area contributed by atoms with Crippen molar-refractivity contribution in [2.75, 3.05) is 0 Å². The second-order valence-electron chi connectivity index (χ2n) is 5.95. The molecule has 0 saturated heterocycles. The van der Waals surface area contributed by atoms with Crippen LogP contribution in [0.15, 0.2) is 0 Å². The molecule has 0 amide bonds. The Hall–Kier alpha value is 0. The van der Waals surface area contributed by atoms with Crippen LogP contribution in [0.2, 0.25) is 0 Å². The summed E-state index contributed by atoms with van der Waals surface area (Å²) in [4.78, 5) is 0. The fraction of sp³-hybridized carbons (Fsp3) is 1.00. The van der Waals surface area contributed by atoms with Crippen LogP contribution in [0.4, 0.5) is 0 Å². The minimum Gasteiger partial charge on any atom is -0.0654 e. The second-order valence-corrected chi connectivity index (χ2v) is 5.95. The summed E-state index contributed by atoms with van der Waals surface area (Å²) in [5.41, 5.74) is 1.18. The molecule has 0 aromatic heterocycles. The van der Waals surface area contributed by atoms with Gasteiger partial charge in [0.1, 0.15) is 0 Å². The maximum absolute atomic E-state index is 2.45. The lowest BCUT2D eigenvalue weighted by Crippen LogP contribution is -2.48. The molecule has 2 atom stereocenters. The van der Waals surface area contributed by atoms with Gasteiger partial charge in [-0.05, 0) is 36.0 Å². The van der Waals surface area contributed by atoms with Crippen LogP contribution in [0.25, 0.3) is 0 Å². The molecule has 0 heteroatoms. The minimum atomic E-state index is 0.514. The molecule has 0 spiro atoms. The van der Waals surface area contributed by atoms with Crippen molar-refractivity contribution in [3.8, 4) is 0 Å². The van der Waals surface area contributed by atoms with Crippen LogP contribution in [0, 0.1) is 16.7 Å². The lowest BCUT2D eigenvalue weighted by molar-refractivity contribution is -0.0735. The first-order valence-corrected chi connectivity index (χ1v) is 5.94. The van der Waals surface area contributed by atoms with E-state index < -0.39 is 0 Å². The molecule has 13 heavy (non-hydrogen) atoms. The van der Waals surface area contributed by atoms with Gasteiger partial charge in [0.25, 0.3) is 0 Å². The van der Waals surface area contributed by atoms with Crippen LogP contribution in [0.1, 0.15) is 66.7 Å². The van der Waals surface area contributed by atoms with Gasteiger partial charge in [0.15, 0.2) is 0 Å². The highest BCUT2D eigenvalue weighted by Gasteiger charge is 2.50. The van der Waals surface area contributed by atoms with Crippen LogP contribution in [0.3, 0.4) is 0 Å². The fourth-order valence-electron chi connectivity index (χ4n) is 3.13. The molecule has 2 unspecified atom stereocenters. The molecule has 1 fully saturated rings. The summed E-state index contributed by atoms with van der Waals surface area (Å²) < 4.78 is 0. The Kier molecular flexibility index (Phi) is 3.09. The van der Waals surface area contributed by atoms with E-state index in [0.29, 0.717) is 10.8 Å². The van der Waals surface area contributed by atoms with E-state index in [-0.39, 0.29) is 0 Å². The monoisotopic (exact) mass is 182 g/mol. The summed E-state index contributed by atoms with van der Waals surface area (Å²) in [5.74, 6) is 0.957. The Morgan fingerprint density at radius 1 is 1.31 bits per heavy atom. The van der Waals surface area contributed by atoms with Crippen molar-refractivity contribution < 1.29 is 0 Å². The summed E-state index contributed by atoms with van der Waals surface area (Å²) in [7, 11) is 0. The Labute approximate surface area is 84.1 Å². The fourth-order valence-corrected chi connectivity index (χ4v) is 3.13. The maximum atomic E-state index is 2.45. The predicted octanol–water partition coefficient (Wildman–Crippen LogP) is 4.64. The average Bonchev–Trinajstić information content (AvgIpc) is 2.00. The van der Waals surface area contributed by atoms with Gasteiger partial charge in [-0.25, -0.2) is 0 Å². The van der Waals surface area contributed by atoms with Gasteiger partial charge in [-0.1, -0.05) is 47.5 Å². The van der Waals surface area contributed by atoms with Crippen molar-refractivity contribution in [3.05, 3.63) is 0 Å². The molecule has 0 heterocycles. The first-order chi connectivity index (χ1) is 5.94. The number of rotatable bonds is 3. The molecule has 1 aliphatic rings. The van der Waals surface area contributed by atoms with Gasteiger partial charge in [0.05, 0.1) is 0 Å². The third kappa shape index (κ3) is 1.78.